The fraction of sp³-hybridized carbons (Fsp3) is 0.857. The van der Waals surface area contributed by atoms with E-state index in [0.717, 1.165) is 25.7 Å². The number of carbonyl (C=O) groups is 2. The van der Waals surface area contributed by atoms with Crippen LogP contribution in [0.2, 0.25) is 0 Å². The summed E-state index contributed by atoms with van der Waals surface area (Å²) in [5, 5.41) is 0. The van der Waals surface area contributed by atoms with Crippen molar-refractivity contribution in [2.45, 2.75) is 76.0 Å². The molecule has 0 aromatic carbocycles. The summed E-state index contributed by atoms with van der Waals surface area (Å²) in [4.78, 5) is 21.0. The van der Waals surface area contributed by atoms with Gasteiger partial charge >= 0.3 is 11.6 Å². The lowest BCUT2D eigenvalue weighted by Crippen LogP contribution is -2.23. The van der Waals surface area contributed by atoms with E-state index in [1.165, 1.54) is 6.42 Å². The van der Waals surface area contributed by atoms with Gasteiger partial charge in [0.1, 0.15) is 6.10 Å². The van der Waals surface area contributed by atoms with Crippen molar-refractivity contribution in [3.63, 3.8) is 0 Å². The molecule has 1 saturated carbocycles. The molecule has 1 rings (SSSR count). The molecule has 8 heteroatoms. The van der Waals surface area contributed by atoms with Gasteiger partial charge < -0.3 is 14.2 Å². The molecule has 0 saturated heterocycles. The quantitative estimate of drug-likeness (QED) is 0.345. The van der Waals surface area contributed by atoms with Gasteiger partial charge in [-0.15, -0.1) is 0 Å². The van der Waals surface area contributed by atoms with Crippen molar-refractivity contribution in [1.82, 2.24) is 0 Å². The van der Waals surface area contributed by atoms with Crippen molar-refractivity contribution in [1.29, 1.82) is 0 Å². The van der Waals surface area contributed by atoms with Gasteiger partial charge in [-0.1, -0.05) is 43.5 Å². The Bertz CT molecular complexity index is 322. The van der Waals surface area contributed by atoms with E-state index >= 15 is 0 Å². The minimum Gasteiger partial charge on any atom is -0.434 e. The fourth-order valence-electron chi connectivity index (χ4n) is 1.72. The van der Waals surface area contributed by atoms with Crippen LogP contribution in [0.4, 0.5) is 9.59 Å². The number of alkyl halides is 2. The molecule has 0 spiro atoms. The molecule has 130 valence electrons. The highest BCUT2D eigenvalue weighted by atomic mass is 35.5. The summed E-state index contributed by atoms with van der Waals surface area (Å²) in [6.45, 7) is 3.64. The predicted molar refractivity (Wildman–Crippen MR) is 86.6 cm³/mol. The summed E-state index contributed by atoms with van der Waals surface area (Å²) >= 11 is 15.8. The van der Waals surface area contributed by atoms with Crippen molar-refractivity contribution in [2.75, 3.05) is 0 Å². The van der Waals surface area contributed by atoms with Crippen molar-refractivity contribution >= 4 is 46.4 Å². The van der Waals surface area contributed by atoms with Crippen LogP contribution in [0.3, 0.4) is 0 Å². The Morgan fingerprint density at radius 3 is 1.91 bits per heavy atom. The van der Waals surface area contributed by atoms with Gasteiger partial charge in [0.25, 0.3) is 0 Å². The lowest BCUT2D eigenvalue weighted by atomic mass is 9.98. The van der Waals surface area contributed by atoms with Crippen LogP contribution in [0.25, 0.3) is 0 Å². The third-order valence-electron chi connectivity index (χ3n) is 2.90. The number of hydrogen-bond acceptors (Lipinski definition) is 5. The van der Waals surface area contributed by atoms with E-state index in [4.69, 9.17) is 44.3 Å². The third-order valence-corrected chi connectivity index (χ3v) is 3.79. The second-order valence-corrected chi connectivity index (χ2v) is 6.02. The zero-order chi connectivity index (χ0) is 17.0. The first-order valence-electron chi connectivity index (χ1n) is 7.40. The summed E-state index contributed by atoms with van der Waals surface area (Å²) in [5.74, 6) is 0. The molecule has 0 aromatic rings. The van der Waals surface area contributed by atoms with Gasteiger partial charge in [-0.3, -0.25) is 0 Å². The number of halogens is 3. The summed E-state index contributed by atoms with van der Waals surface area (Å²) < 4.78 is 14.2. The molecule has 2 atom stereocenters. The second kappa shape index (κ2) is 13.1. The van der Waals surface area contributed by atoms with Crippen molar-refractivity contribution in [3.8, 4) is 0 Å². The first-order chi connectivity index (χ1) is 10.4. The van der Waals surface area contributed by atoms with E-state index < -0.39 is 22.7 Å². The Labute approximate surface area is 146 Å². The summed E-state index contributed by atoms with van der Waals surface area (Å²) in [7, 11) is 0. The molecule has 0 bridgehead atoms. The van der Waals surface area contributed by atoms with Gasteiger partial charge in [-0.25, -0.2) is 9.59 Å². The van der Waals surface area contributed by atoms with E-state index in [2.05, 4.69) is 4.74 Å². The molecule has 2 unspecified atom stereocenters. The molecule has 0 N–H and O–H groups in total. The van der Waals surface area contributed by atoms with Crippen molar-refractivity contribution < 1.29 is 23.8 Å². The lowest BCUT2D eigenvalue weighted by Gasteiger charge is -2.21. The molecule has 22 heavy (non-hydrogen) atoms. The molecule has 1 aliphatic carbocycles. The van der Waals surface area contributed by atoms with Crippen LogP contribution in [0.5, 0.6) is 0 Å². The average Bonchev–Trinajstić information content (AvgIpc) is 2.47. The van der Waals surface area contributed by atoms with Crippen LogP contribution in [0.15, 0.2) is 0 Å². The topological polar surface area (TPSA) is 61.8 Å². The van der Waals surface area contributed by atoms with E-state index in [1.54, 1.807) is 6.92 Å². The molecule has 1 aliphatic rings. The zero-order valence-electron chi connectivity index (χ0n) is 12.9. The van der Waals surface area contributed by atoms with Crippen molar-refractivity contribution in [3.05, 3.63) is 0 Å². The maximum atomic E-state index is 11.2. The normalized spacial score (nSPS) is 17.5. The van der Waals surface area contributed by atoms with Crippen LogP contribution in [0, 0.1) is 0 Å². The monoisotopic (exact) mass is 376 g/mol. The first kappa shape index (κ1) is 21.6. The highest BCUT2D eigenvalue weighted by molar-refractivity contribution is 6.61. The zero-order valence-corrected chi connectivity index (χ0v) is 15.1. The highest BCUT2D eigenvalue weighted by Gasteiger charge is 2.19. The minimum atomic E-state index is -0.855. The van der Waals surface area contributed by atoms with Crippen LogP contribution >= 0.6 is 34.8 Å². The predicted octanol–water partition coefficient (Wildman–Crippen LogP) is 5.78. The molecule has 0 amide bonds. The highest BCUT2D eigenvalue weighted by Crippen LogP contribution is 2.21. The van der Waals surface area contributed by atoms with E-state index in [1.807, 2.05) is 6.92 Å². The maximum Gasteiger partial charge on any atom is 0.510 e. The van der Waals surface area contributed by atoms with E-state index in [0.29, 0.717) is 12.8 Å². The van der Waals surface area contributed by atoms with Crippen LogP contribution < -0.4 is 0 Å². The smallest absolute Gasteiger partial charge is 0.434 e. The Kier molecular flexibility index (Phi) is 12.9. The largest absolute Gasteiger partial charge is 0.510 e. The van der Waals surface area contributed by atoms with Gasteiger partial charge in [0.2, 0.25) is 0 Å². The minimum absolute atomic E-state index is 0.0389. The summed E-state index contributed by atoms with van der Waals surface area (Å²) in [5.41, 5.74) is -2.00. The molecular weight excluding hydrogens is 355 g/mol. The second-order valence-electron chi connectivity index (χ2n) is 4.74. The molecular formula is C14H23Cl3O5. The number of ether oxygens (including phenoxy) is 3. The van der Waals surface area contributed by atoms with Gasteiger partial charge in [0.15, 0.2) is 11.1 Å². The Morgan fingerprint density at radius 2 is 1.50 bits per heavy atom. The number of rotatable bonds is 5. The SMILES string of the molecule is CCC(Cl)OC(=O)Cl.CCC(Cl)OC(=O)OC1CCCCC1. The third kappa shape index (κ3) is 12.2. The standard InChI is InChI=1S/C10H17ClO3.C4H6Cl2O2/c1-2-9(11)14-10(12)13-8-6-4-3-5-7-8;1-2-3(5)8-4(6)7/h8-9H,2-7H2,1H3;3H,2H2,1H3. The molecule has 0 aliphatic heterocycles. The summed E-state index contributed by atoms with van der Waals surface area (Å²) in [6, 6.07) is 0. The van der Waals surface area contributed by atoms with Gasteiger partial charge in [0, 0.05) is 11.6 Å². The molecule has 0 aromatic heterocycles. The van der Waals surface area contributed by atoms with Gasteiger partial charge in [0.05, 0.1) is 0 Å². The average molecular weight is 378 g/mol. The Hall–Kier alpha value is -0.390. The van der Waals surface area contributed by atoms with E-state index in [9.17, 15) is 9.59 Å². The Morgan fingerprint density at radius 1 is 1.00 bits per heavy atom. The number of hydrogen-bond donors (Lipinski definition) is 0. The maximum absolute atomic E-state index is 11.2. The number of carbonyl (C=O) groups excluding carboxylic acids is 2. The van der Waals surface area contributed by atoms with Crippen molar-refractivity contribution in [2.24, 2.45) is 0 Å². The van der Waals surface area contributed by atoms with Crippen LogP contribution in [0.1, 0.15) is 58.8 Å². The lowest BCUT2D eigenvalue weighted by molar-refractivity contribution is 0.00417. The Balaban J connectivity index is 0.000000472. The summed E-state index contributed by atoms with van der Waals surface area (Å²) in [6.07, 6.45) is 5.99. The van der Waals surface area contributed by atoms with E-state index in [-0.39, 0.29) is 6.10 Å². The fourth-order valence-corrected chi connectivity index (χ4v) is 2.03. The molecule has 1 fully saturated rings. The van der Waals surface area contributed by atoms with Crippen LogP contribution in [-0.2, 0) is 14.2 Å². The van der Waals surface area contributed by atoms with Gasteiger partial charge in [-0.05, 0) is 38.5 Å². The molecule has 5 nitrogen and oxygen atoms in total. The molecule has 0 heterocycles. The van der Waals surface area contributed by atoms with Crippen LogP contribution in [-0.4, -0.2) is 28.8 Å². The first-order valence-corrected chi connectivity index (χ1v) is 8.65. The van der Waals surface area contributed by atoms with Gasteiger partial charge in [-0.2, -0.15) is 0 Å². The molecule has 0 radical (unpaired) electrons.